The maximum absolute atomic E-state index is 10.8. The van der Waals surface area contributed by atoms with Gasteiger partial charge in [-0.25, -0.2) is 0 Å². The van der Waals surface area contributed by atoms with Crippen molar-refractivity contribution in [2.75, 3.05) is 25.5 Å². The third-order valence-corrected chi connectivity index (χ3v) is 6.41. The van der Waals surface area contributed by atoms with Gasteiger partial charge >= 0.3 is 0 Å². The average molecular weight is 626 g/mol. The number of nitro groups is 1. The number of ether oxygens (including phenoxy) is 2. The average Bonchev–Trinajstić information content (AvgIpc) is 2.80. The molecule has 0 heterocycles. The van der Waals surface area contributed by atoms with Crippen LogP contribution in [0.5, 0.6) is 11.5 Å². The number of nitro benzene ring substituents is 1. The quantitative estimate of drug-likeness (QED) is 0.130. The molecule has 188 valence electrons. The van der Waals surface area contributed by atoms with Crippen LogP contribution in [-0.4, -0.2) is 25.1 Å². The van der Waals surface area contributed by atoms with Gasteiger partial charge in [-0.2, -0.15) is 0 Å². The highest BCUT2D eigenvalue weighted by Crippen LogP contribution is 2.37. The zero-order valence-corrected chi connectivity index (χ0v) is 23.1. The summed E-state index contributed by atoms with van der Waals surface area (Å²) < 4.78 is 12.2. The topological polar surface area (TPSA) is 85.7 Å². The molecule has 0 saturated carbocycles. The van der Waals surface area contributed by atoms with Crippen molar-refractivity contribution in [3.8, 4) is 11.5 Å². The third kappa shape index (κ3) is 8.31. The first kappa shape index (κ1) is 29.3. The molecule has 0 aliphatic heterocycles. The molecule has 3 rings (SSSR count). The molecule has 7 nitrogen and oxygen atoms in total. The van der Waals surface area contributed by atoms with Crippen molar-refractivity contribution in [3.05, 3.63) is 89.3 Å². The van der Waals surface area contributed by atoms with E-state index in [1.54, 1.807) is 25.3 Å². The summed E-state index contributed by atoms with van der Waals surface area (Å²) in [6.45, 7) is 2.13. The molecule has 35 heavy (non-hydrogen) atoms. The lowest BCUT2D eigenvalue weighted by molar-refractivity contribution is -0.384. The van der Waals surface area contributed by atoms with Crippen LogP contribution in [0.2, 0.25) is 15.1 Å². The van der Waals surface area contributed by atoms with Crippen LogP contribution in [0.4, 0.5) is 11.4 Å². The summed E-state index contributed by atoms with van der Waals surface area (Å²) in [4.78, 5) is 10.3. The van der Waals surface area contributed by atoms with Crippen LogP contribution in [0.15, 0.2) is 53.0 Å². The van der Waals surface area contributed by atoms with Crippen molar-refractivity contribution < 1.29 is 14.4 Å². The molecule has 0 spiro atoms. The number of methoxy groups -OCH3 is 1. The molecule has 0 radical (unpaired) electrons. The Kier molecular flexibility index (Phi) is 11.7. The SMILES string of the molecule is COc1cc(CNCCNc2ccc([N+](=O)[O-])cc2Cl)cc(Br)c1OCc1ccc(Cl)c(Cl)c1.Cl. The zero-order chi connectivity index (χ0) is 24.7. The minimum Gasteiger partial charge on any atom is -0.493 e. The predicted octanol–water partition coefficient (Wildman–Crippen LogP) is 7.53. The third-order valence-electron chi connectivity index (χ3n) is 4.77. The van der Waals surface area contributed by atoms with Crippen LogP contribution in [-0.2, 0) is 13.2 Å². The van der Waals surface area contributed by atoms with E-state index in [-0.39, 0.29) is 18.1 Å². The van der Waals surface area contributed by atoms with E-state index in [0.29, 0.717) is 58.5 Å². The Morgan fingerprint density at radius 2 is 1.74 bits per heavy atom. The minimum atomic E-state index is -0.479. The Hall–Kier alpha value is -1.94. The van der Waals surface area contributed by atoms with Gasteiger partial charge in [0.1, 0.15) is 6.61 Å². The lowest BCUT2D eigenvalue weighted by atomic mass is 10.2. The number of anilines is 1. The zero-order valence-electron chi connectivity index (χ0n) is 18.4. The van der Waals surface area contributed by atoms with Gasteiger partial charge in [-0.15, -0.1) is 12.4 Å². The fourth-order valence-electron chi connectivity index (χ4n) is 3.08. The summed E-state index contributed by atoms with van der Waals surface area (Å²) in [5, 5.41) is 18.6. The highest BCUT2D eigenvalue weighted by Gasteiger charge is 2.13. The lowest BCUT2D eigenvalue weighted by Gasteiger charge is -2.15. The molecule has 12 heteroatoms. The summed E-state index contributed by atoms with van der Waals surface area (Å²) in [5.41, 5.74) is 2.48. The molecule has 0 aliphatic carbocycles. The monoisotopic (exact) mass is 623 g/mol. The summed E-state index contributed by atoms with van der Waals surface area (Å²) in [5.74, 6) is 1.19. The Balaban J connectivity index is 0.00000432. The van der Waals surface area contributed by atoms with E-state index in [2.05, 4.69) is 26.6 Å². The van der Waals surface area contributed by atoms with Gasteiger partial charge in [0.25, 0.3) is 5.69 Å². The standard InChI is InChI=1S/C23H21BrCl3N3O4.ClH/c1-33-22-10-15(8-17(24)23(22)34-13-14-2-4-18(25)19(26)9-14)12-28-6-7-29-21-5-3-16(30(31)32)11-20(21)27;/h2-5,8-11,28-29H,6-7,12-13H2,1H3;1H. The van der Waals surface area contributed by atoms with E-state index in [4.69, 9.17) is 44.3 Å². The van der Waals surface area contributed by atoms with Crippen molar-refractivity contribution in [1.82, 2.24) is 5.32 Å². The van der Waals surface area contributed by atoms with Crippen molar-refractivity contribution in [3.63, 3.8) is 0 Å². The van der Waals surface area contributed by atoms with Gasteiger partial charge in [0.15, 0.2) is 11.5 Å². The molecule has 3 aromatic rings. The second-order valence-electron chi connectivity index (χ2n) is 7.17. The fraction of sp³-hybridized carbons (Fsp3) is 0.217. The maximum Gasteiger partial charge on any atom is 0.271 e. The Bertz CT molecular complexity index is 1180. The van der Waals surface area contributed by atoms with E-state index in [1.807, 2.05) is 18.2 Å². The molecule has 0 amide bonds. The molecular formula is C23H22BrCl4N3O4. The Labute approximate surface area is 232 Å². The van der Waals surface area contributed by atoms with Crippen LogP contribution in [0.25, 0.3) is 0 Å². The second kappa shape index (κ2) is 14.0. The number of nitrogens with one attached hydrogen (secondary N) is 2. The van der Waals surface area contributed by atoms with Gasteiger partial charge < -0.3 is 20.1 Å². The Morgan fingerprint density at radius 3 is 2.40 bits per heavy atom. The highest BCUT2D eigenvalue weighted by atomic mass is 79.9. The summed E-state index contributed by atoms with van der Waals surface area (Å²) in [6.07, 6.45) is 0. The van der Waals surface area contributed by atoms with E-state index in [9.17, 15) is 10.1 Å². The largest absolute Gasteiger partial charge is 0.493 e. The molecule has 0 unspecified atom stereocenters. The summed E-state index contributed by atoms with van der Waals surface area (Å²) in [7, 11) is 1.59. The van der Waals surface area contributed by atoms with Gasteiger partial charge in [0.2, 0.25) is 0 Å². The van der Waals surface area contributed by atoms with Crippen LogP contribution in [0.1, 0.15) is 11.1 Å². The number of benzene rings is 3. The molecule has 0 aromatic heterocycles. The first-order chi connectivity index (χ1) is 16.3. The van der Waals surface area contributed by atoms with E-state index in [0.717, 1.165) is 15.6 Å². The van der Waals surface area contributed by atoms with Crippen LogP contribution in [0, 0.1) is 10.1 Å². The van der Waals surface area contributed by atoms with Gasteiger partial charge in [0, 0.05) is 31.8 Å². The normalized spacial score (nSPS) is 10.4. The fourth-order valence-corrected chi connectivity index (χ4v) is 4.25. The van der Waals surface area contributed by atoms with Crippen molar-refractivity contribution in [2.24, 2.45) is 0 Å². The first-order valence-corrected chi connectivity index (χ1v) is 12.0. The van der Waals surface area contributed by atoms with Crippen LogP contribution >= 0.6 is 63.1 Å². The summed E-state index contributed by atoms with van der Waals surface area (Å²) in [6, 6.07) is 13.5. The predicted molar refractivity (Wildman–Crippen MR) is 147 cm³/mol. The van der Waals surface area contributed by atoms with Gasteiger partial charge in [-0.05, 0) is 57.4 Å². The molecule has 2 N–H and O–H groups in total. The van der Waals surface area contributed by atoms with Crippen molar-refractivity contribution in [2.45, 2.75) is 13.2 Å². The number of non-ortho nitro benzene ring substituents is 1. The minimum absolute atomic E-state index is 0. The van der Waals surface area contributed by atoms with Crippen LogP contribution < -0.4 is 20.1 Å². The lowest BCUT2D eigenvalue weighted by Crippen LogP contribution is -2.22. The van der Waals surface area contributed by atoms with Crippen LogP contribution in [0.3, 0.4) is 0 Å². The molecule has 3 aromatic carbocycles. The molecular weight excluding hydrogens is 604 g/mol. The van der Waals surface area contributed by atoms with Gasteiger partial charge in [-0.1, -0.05) is 40.9 Å². The number of hydrogen-bond acceptors (Lipinski definition) is 6. The number of hydrogen-bond donors (Lipinski definition) is 2. The van der Waals surface area contributed by atoms with Crippen molar-refractivity contribution in [1.29, 1.82) is 0 Å². The highest BCUT2D eigenvalue weighted by molar-refractivity contribution is 9.10. The Morgan fingerprint density at radius 1 is 0.971 bits per heavy atom. The summed E-state index contributed by atoms with van der Waals surface area (Å²) >= 11 is 21.7. The molecule has 0 fully saturated rings. The molecule has 0 atom stereocenters. The van der Waals surface area contributed by atoms with E-state index < -0.39 is 4.92 Å². The number of nitrogens with zero attached hydrogens (tertiary/aromatic N) is 1. The molecule has 0 aliphatic rings. The maximum atomic E-state index is 10.8. The van der Waals surface area contributed by atoms with Gasteiger partial charge in [0.05, 0.1) is 37.3 Å². The first-order valence-electron chi connectivity index (χ1n) is 10.1. The number of halogens is 5. The van der Waals surface area contributed by atoms with E-state index >= 15 is 0 Å². The number of rotatable bonds is 11. The second-order valence-corrected chi connectivity index (χ2v) is 9.25. The van der Waals surface area contributed by atoms with Crippen molar-refractivity contribution >= 4 is 74.5 Å². The molecule has 0 bridgehead atoms. The van der Waals surface area contributed by atoms with E-state index in [1.165, 1.54) is 12.1 Å². The molecule has 0 saturated heterocycles. The smallest absolute Gasteiger partial charge is 0.271 e. The van der Waals surface area contributed by atoms with Gasteiger partial charge in [-0.3, -0.25) is 10.1 Å².